The van der Waals surface area contributed by atoms with Crippen molar-refractivity contribution in [2.45, 2.75) is 18.6 Å². The summed E-state index contributed by atoms with van der Waals surface area (Å²) in [6.45, 7) is 0.200. The first-order chi connectivity index (χ1) is 9.46. The second-order valence-electron chi connectivity index (χ2n) is 4.73. The molecule has 0 aromatic heterocycles. The molecule has 0 aliphatic carbocycles. The molecule has 1 fully saturated rings. The van der Waals surface area contributed by atoms with Gasteiger partial charge in [-0.2, -0.15) is 0 Å². The van der Waals surface area contributed by atoms with Crippen LogP contribution in [0.25, 0.3) is 0 Å². The van der Waals surface area contributed by atoms with Gasteiger partial charge in [-0.15, -0.1) is 0 Å². The Morgan fingerprint density at radius 2 is 2.00 bits per heavy atom. The van der Waals surface area contributed by atoms with Crippen LogP contribution in [0.15, 0.2) is 30.3 Å². The Hall–Kier alpha value is -1.60. The van der Waals surface area contributed by atoms with E-state index in [9.17, 15) is 18.3 Å². The van der Waals surface area contributed by atoms with Gasteiger partial charge < -0.3 is 15.2 Å². The molecular weight excluding hydrogens is 282 g/mol. The lowest BCUT2D eigenvalue weighted by Crippen LogP contribution is -2.42. The van der Waals surface area contributed by atoms with E-state index in [-0.39, 0.29) is 30.4 Å². The largest absolute Gasteiger partial charge is 0.493 e. The quantitative estimate of drug-likeness (QED) is 0.781. The number of hydrogen-bond donors (Lipinski definition) is 2. The van der Waals surface area contributed by atoms with Crippen molar-refractivity contribution in [3.8, 4) is 5.75 Å². The summed E-state index contributed by atoms with van der Waals surface area (Å²) < 4.78 is 28.0. The minimum atomic E-state index is -3.25. The summed E-state index contributed by atoms with van der Waals surface area (Å²) in [4.78, 5) is 11.6. The highest BCUT2D eigenvalue weighted by atomic mass is 32.2. The maximum atomic E-state index is 11.6. The van der Waals surface area contributed by atoms with Gasteiger partial charge >= 0.3 is 0 Å². The van der Waals surface area contributed by atoms with E-state index in [0.29, 0.717) is 5.75 Å². The van der Waals surface area contributed by atoms with Crippen molar-refractivity contribution in [3.05, 3.63) is 30.3 Å². The van der Waals surface area contributed by atoms with E-state index in [4.69, 9.17) is 4.74 Å². The third-order valence-electron chi connectivity index (χ3n) is 3.01. The Bertz CT molecular complexity index is 557. The number of rotatable bonds is 5. The molecule has 0 radical (unpaired) electrons. The van der Waals surface area contributed by atoms with E-state index in [2.05, 4.69) is 5.32 Å². The summed E-state index contributed by atoms with van der Waals surface area (Å²) in [5.41, 5.74) is 0. The summed E-state index contributed by atoms with van der Waals surface area (Å²) in [5, 5.41) is 12.1. The summed E-state index contributed by atoms with van der Waals surface area (Å²) in [6.07, 6.45) is -0.919. The van der Waals surface area contributed by atoms with Crippen molar-refractivity contribution >= 4 is 15.7 Å². The molecule has 2 atom stereocenters. The van der Waals surface area contributed by atoms with Gasteiger partial charge in [0.2, 0.25) is 5.91 Å². The van der Waals surface area contributed by atoms with Crippen LogP contribution >= 0.6 is 0 Å². The minimum Gasteiger partial charge on any atom is -0.493 e. The number of nitrogens with one attached hydrogen (secondary N) is 1. The summed E-state index contributed by atoms with van der Waals surface area (Å²) in [6, 6.07) is 8.37. The lowest BCUT2D eigenvalue weighted by Gasteiger charge is -2.14. The highest BCUT2D eigenvalue weighted by Gasteiger charge is 2.37. The van der Waals surface area contributed by atoms with Gasteiger partial charge in [0.1, 0.15) is 5.75 Å². The average molecular weight is 299 g/mol. The molecule has 7 heteroatoms. The number of aliphatic hydroxyl groups is 1. The molecule has 0 saturated carbocycles. The number of carbonyl (C=O) groups is 1. The number of benzene rings is 1. The predicted molar refractivity (Wildman–Crippen MR) is 73.1 cm³/mol. The highest BCUT2D eigenvalue weighted by molar-refractivity contribution is 7.91. The van der Waals surface area contributed by atoms with Crippen molar-refractivity contribution in [2.75, 3.05) is 18.1 Å². The van der Waals surface area contributed by atoms with Gasteiger partial charge in [0.05, 0.1) is 36.7 Å². The first kappa shape index (κ1) is 14.8. The zero-order chi connectivity index (χ0) is 14.6. The maximum Gasteiger partial charge on any atom is 0.223 e. The Balaban J connectivity index is 1.73. The number of aliphatic hydroxyl groups excluding tert-OH is 1. The van der Waals surface area contributed by atoms with Crippen molar-refractivity contribution in [2.24, 2.45) is 0 Å². The highest BCUT2D eigenvalue weighted by Crippen LogP contribution is 2.13. The number of carbonyl (C=O) groups excluding carboxylic acids is 1. The number of para-hydroxylation sites is 1. The SMILES string of the molecule is O=C(CCOc1ccccc1)N[C@@H]1CS(=O)(=O)C[C@H]1O. The molecular formula is C13H17NO5S. The van der Waals surface area contributed by atoms with E-state index >= 15 is 0 Å². The molecule has 6 nitrogen and oxygen atoms in total. The summed E-state index contributed by atoms with van der Waals surface area (Å²) >= 11 is 0. The first-order valence-electron chi connectivity index (χ1n) is 6.32. The van der Waals surface area contributed by atoms with Crippen molar-refractivity contribution in [1.29, 1.82) is 0 Å². The fraction of sp³-hybridized carbons (Fsp3) is 0.462. The Morgan fingerprint density at radius 1 is 1.30 bits per heavy atom. The fourth-order valence-electron chi connectivity index (χ4n) is 2.02. The Morgan fingerprint density at radius 3 is 2.60 bits per heavy atom. The second-order valence-corrected chi connectivity index (χ2v) is 6.88. The molecule has 1 aliphatic rings. The van der Waals surface area contributed by atoms with Gasteiger partial charge in [-0.1, -0.05) is 18.2 Å². The third kappa shape index (κ3) is 4.21. The lowest BCUT2D eigenvalue weighted by atomic mass is 10.2. The zero-order valence-electron chi connectivity index (χ0n) is 10.9. The van der Waals surface area contributed by atoms with E-state index < -0.39 is 22.0 Å². The van der Waals surface area contributed by atoms with Gasteiger partial charge in [0.15, 0.2) is 9.84 Å². The molecule has 1 aliphatic heterocycles. The van der Waals surface area contributed by atoms with E-state index in [0.717, 1.165) is 0 Å². The van der Waals surface area contributed by atoms with E-state index in [1.807, 2.05) is 18.2 Å². The topological polar surface area (TPSA) is 92.7 Å². The molecule has 1 aromatic rings. The number of amides is 1. The predicted octanol–water partition coefficient (Wildman–Crippen LogP) is -0.270. The lowest BCUT2D eigenvalue weighted by molar-refractivity contribution is -0.122. The summed E-state index contributed by atoms with van der Waals surface area (Å²) in [7, 11) is -3.25. The zero-order valence-corrected chi connectivity index (χ0v) is 11.7. The van der Waals surface area contributed by atoms with Crippen LogP contribution in [0.1, 0.15) is 6.42 Å². The van der Waals surface area contributed by atoms with Gasteiger partial charge in [-0.3, -0.25) is 4.79 Å². The molecule has 2 N–H and O–H groups in total. The molecule has 1 saturated heterocycles. The van der Waals surface area contributed by atoms with E-state index in [1.165, 1.54) is 0 Å². The smallest absolute Gasteiger partial charge is 0.223 e. The van der Waals surface area contributed by atoms with Crippen LogP contribution in [-0.4, -0.2) is 49.7 Å². The molecule has 20 heavy (non-hydrogen) atoms. The van der Waals surface area contributed by atoms with E-state index in [1.54, 1.807) is 12.1 Å². The molecule has 0 bridgehead atoms. The second kappa shape index (κ2) is 6.23. The monoisotopic (exact) mass is 299 g/mol. The minimum absolute atomic E-state index is 0.109. The van der Waals surface area contributed by atoms with Crippen LogP contribution in [0.2, 0.25) is 0 Å². The molecule has 0 spiro atoms. The molecule has 0 unspecified atom stereocenters. The molecule has 2 rings (SSSR count). The fourth-order valence-corrected chi connectivity index (χ4v) is 3.77. The Kier molecular flexibility index (Phi) is 4.61. The maximum absolute atomic E-state index is 11.6. The van der Waals surface area contributed by atoms with Crippen molar-refractivity contribution in [3.63, 3.8) is 0 Å². The standard InChI is InChI=1S/C13H17NO5S/c15-12-9-20(17,18)8-11(12)14-13(16)6-7-19-10-4-2-1-3-5-10/h1-5,11-12,15H,6-9H2,(H,14,16)/t11-,12-/m1/s1. The average Bonchev–Trinajstić information content (AvgIpc) is 2.63. The third-order valence-corrected chi connectivity index (χ3v) is 4.73. The molecule has 110 valence electrons. The van der Waals surface area contributed by atoms with Crippen LogP contribution < -0.4 is 10.1 Å². The van der Waals surface area contributed by atoms with Gasteiger partial charge in [0, 0.05) is 0 Å². The normalized spacial score (nSPS) is 24.2. The Labute approximate surface area is 117 Å². The number of ether oxygens (including phenoxy) is 1. The molecule has 1 heterocycles. The van der Waals surface area contributed by atoms with Gasteiger partial charge in [-0.25, -0.2) is 8.42 Å². The van der Waals surface area contributed by atoms with Crippen LogP contribution in [-0.2, 0) is 14.6 Å². The van der Waals surface area contributed by atoms with Crippen LogP contribution in [0, 0.1) is 0 Å². The van der Waals surface area contributed by atoms with Crippen molar-refractivity contribution in [1.82, 2.24) is 5.32 Å². The first-order valence-corrected chi connectivity index (χ1v) is 8.14. The van der Waals surface area contributed by atoms with Gasteiger partial charge in [-0.05, 0) is 12.1 Å². The van der Waals surface area contributed by atoms with Crippen LogP contribution in [0.4, 0.5) is 0 Å². The molecule has 1 amide bonds. The summed E-state index contributed by atoms with van der Waals surface area (Å²) in [5.74, 6) is -0.163. The molecule has 1 aromatic carbocycles. The van der Waals surface area contributed by atoms with Crippen LogP contribution in [0.3, 0.4) is 0 Å². The number of sulfone groups is 1. The van der Waals surface area contributed by atoms with Crippen LogP contribution in [0.5, 0.6) is 5.75 Å². The number of hydrogen-bond acceptors (Lipinski definition) is 5. The van der Waals surface area contributed by atoms with Crippen molar-refractivity contribution < 1.29 is 23.1 Å². The van der Waals surface area contributed by atoms with Gasteiger partial charge in [0.25, 0.3) is 0 Å².